The quantitative estimate of drug-likeness (QED) is 0.736. The van der Waals surface area contributed by atoms with Crippen LogP contribution in [-0.2, 0) is 4.79 Å². The van der Waals surface area contributed by atoms with Gasteiger partial charge in [-0.25, -0.2) is 9.59 Å². The van der Waals surface area contributed by atoms with Crippen molar-refractivity contribution in [2.45, 2.75) is 26.3 Å². The minimum Gasteiger partial charge on any atom is -0.479 e. The lowest BCUT2D eigenvalue weighted by Gasteiger charge is -2.15. The summed E-state index contributed by atoms with van der Waals surface area (Å²) in [6.07, 6.45) is 0.858. The molecule has 0 saturated heterocycles. The van der Waals surface area contributed by atoms with Crippen LogP contribution in [0.1, 0.15) is 31.9 Å². The van der Waals surface area contributed by atoms with Crippen LogP contribution in [0.25, 0.3) is 0 Å². The number of urea groups is 1. The molecule has 1 unspecified atom stereocenters. The van der Waals surface area contributed by atoms with E-state index >= 15 is 0 Å². The topological polar surface area (TPSA) is 78.4 Å². The van der Waals surface area contributed by atoms with Gasteiger partial charge in [0.2, 0.25) is 0 Å². The smallest absolute Gasteiger partial charge is 0.330 e. The van der Waals surface area contributed by atoms with Crippen molar-refractivity contribution >= 4 is 12.0 Å². The molecule has 5 heteroatoms. The summed E-state index contributed by atoms with van der Waals surface area (Å²) in [5.41, 5.74) is 0.550. The van der Waals surface area contributed by atoms with Crippen LogP contribution in [0.2, 0.25) is 0 Å². The molecule has 0 radical (unpaired) electrons. The maximum atomic E-state index is 11.6. The molecule has 0 aliphatic rings. The first-order valence-corrected chi connectivity index (χ1v) is 6.33. The molecule has 1 aromatic carbocycles. The van der Waals surface area contributed by atoms with Crippen molar-refractivity contribution in [3.05, 3.63) is 35.9 Å². The molecule has 2 amide bonds. The monoisotopic (exact) mass is 264 g/mol. The van der Waals surface area contributed by atoms with Crippen LogP contribution < -0.4 is 10.6 Å². The van der Waals surface area contributed by atoms with Crippen molar-refractivity contribution in [1.29, 1.82) is 0 Å². The van der Waals surface area contributed by atoms with Crippen LogP contribution in [0.3, 0.4) is 0 Å². The Bertz CT molecular complexity index is 418. The van der Waals surface area contributed by atoms with Gasteiger partial charge in [-0.05, 0) is 17.9 Å². The Labute approximate surface area is 113 Å². The number of rotatable bonds is 6. The molecule has 0 fully saturated rings. The molecular formula is C14H20N2O3. The maximum absolute atomic E-state index is 11.6. The molecule has 3 N–H and O–H groups in total. The lowest BCUT2D eigenvalue weighted by Crippen LogP contribution is -2.41. The Morgan fingerprint density at radius 2 is 1.84 bits per heavy atom. The first-order chi connectivity index (χ1) is 9.00. The zero-order valence-corrected chi connectivity index (χ0v) is 11.2. The summed E-state index contributed by atoms with van der Waals surface area (Å²) in [4.78, 5) is 22.8. The van der Waals surface area contributed by atoms with Crippen LogP contribution in [0.5, 0.6) is 0 Å². The van der Waals surface area contributed by atoms with E-state index in [9.17, 15) is 9.59 Å². The standard InChI is InChI=1S/C14H20N2O3/c1-10(2)8-9-15-14(19)16-12(13(17)18)11-6-4-3-5-7-11/h3-7,10,12H,8-9H2,1-2H3,(H,17,18)(H2,15,16,19). The average molecular weight is 264 g/mol. The summed E-state index contributed by atoms with van der Waals surface area (Å²) in [7, 11) is 0. The van der Waals surface area contributed by atoms with Gasteiger partial charge < -0.3 is 15.7 Å². The summed E-state index contributed by atoms with van der Waals surface area (Å²) >= 11 is 0. The van der Waals surface area contributed by atoms with Crippen LogP contribution in [0.4, 0.5) is 4.79 Å². The van der Waals surface area contributed by atoms with E-state index in [0.29, 0.717) is 18.0 Å². The molecule has 1 atom stereocenters. The van der Waals surface area contributed by atoms with Crippen molar-refractivity contribution in [2.24, 2.45) is 5.92 Å². The van der Waals surface area contributed by atoms with Crippen LogP contribution in [0, 0.1) is 5.92 Å². The highest BCUT2D eigenvalue weighted by atomic mass is 16.4. The van der Waals surface area contributed by atoms with Gasteiger partial charge in [0.15, 0.2) is 6.04 Å². The molecule has 0 aromatic heterocycles. The van der Waals surface area contributed by atoms with Gasteiger partial charge >= 0.3 is 12.0 Å². The molecular weight excluding hydrogens is 244 g/mol. The molecule has 1 rings (SSSR count). The Hall–Kier alpha value is -2.04. The number of carbonyl (C=O) groups is 2. The van der Waals surface area contributed by atoms with Gasteiger partial charge in [0, 0.05) is 6.54 Å². The number of hydrogen-bond donors (Lipinski definition) is 3. The molecule has 0 aliphatic heterocycles. The fourth-order valence-corrected chi connectivity index (χ4v) is 1.59. The Morgan fingerprint density at radius 1 is 1.21 bits per heavy atom. The Kier molecular flexibility index (Phi) is 5.85. The fourth-order valence-electron chi connectivity index (χ4n) is 1.59. The summed E-state index contributed by atoms with van der Waals surface area (Å²) in [5.74, 6) is -0.588. The predicted octanol–water partition coefficient (Wildman–Crippen LogP) is 2.16. The Morgan fingerprint density at radius 3 is 2.37 bits per heavy atom. The van der Waals surface area contributed by atoms with Crippen molar-refractivity contribution in [2.75, 3.05) is 6.54 Å². The number of carboxylic acids is 1. The highest BCUT2D eigenvalue weighted by Gasteiger charge is 2.21. The minimum absolute atomic E-state index is 0.461. The molecule has 0 saturated carbocycles. The highest BCUT2D eigenvalue weighted by molar-refractivity contribution is 5.83. The second-order valence-electron chi connectivity index (χ2n) is 4.76. The van der Waals surface area contributed by atoms with E-state index in [1.165, 1.54) is 0 Å². The lowest BCUT2D eigenvalue weighted by molar-refractivity contribution is -0.139. The predicted molar refractivity (Wildman–Crippen MR) is 72.8 cm³/mol. The van der Waals surface area contributed by atoms with Crippen molar-refractivity contribution < 1.29 is 14.7 Å². The molecule has 19 heavy (non-hydrogen) atoms. The molecule has 1 aromatic rings. The number of carbonyl (C=O) groups excluding carboxylic acids is 1. The normalized spacial score (nSPS) is 11.9. The highest BCUT2D eigenvalue weighted by Crippen LogP contribution is 2.12. The van der Waals surface area contributed by atoms with Crippen LogP contribution >= 0.6 is 0 Å². The summed E-state index contributed by atoms with van der Waals surface area (Å²) in [6, 6.07) is 7.13. The molecule has 0 spiro atoms. The van der Waals surface area contributed by atoms with E-state index in [2.05, 4.69) is 24.5 Å². The number of aliphatic carboxylic acids is 1. The number of hydrogen-bond acceptors (Lipinski definition) is 2. The molecule has 104 valence electrons. The summed E-state index contributed by atoms with van der Waals surface area (Å²) in [6.45, 7) is 4.65. The third-order valence-electron chi connectivity index (χ3n) is 2.66. The van der Waals surface area contributed by atoms with E-state index < -0.39 is 18.0 Å². The number of benzene rings is 1. The van der Waals surface area contributed by atoms with E-state index in [1.54, 1.807) is 30.3 Å². The summed E-state index contributed by atoms with van der Waals surface area (Å²) < 4.78 is 0. The van der Waals surface area contributed by atoms with Gasteiger partial charge in [-0.15, -0.1) is 0 Å². The number of amides is 2. The second-order valence-corrected chi connectivity index (χ2v) is 4.76. The van der Waals surface area contributed by atoms with E-state index in [1.807, 2.05) is 0 Å². The first-order valence-electron chi connectivity index (χ1n) is 6.33. The van der Waals surface area contributed by atoms with Crippen molar-refractivity contribution in [3.63, 3.8) is 0 Å². The van der Waals surface area contributed by atoms with Gasteiger partial charge in [-0.1, -0.05) is 44.2 Å². The number of carboxylic acid groups (broad SMARTS) is 1. The van der Waals surface area contributed by atoms with Crippen molar-refractivity contribution in [3.8, 4) is 0 Å². The van der Waals surface area contributed by atoms with E-state index in [4.69, 9.17) is 5.11 Å². The van der Waals surface area contributed by atoms with Crippen LogP contribution in [-0.4, -0.2) is 23.7 Å². The number of nitrogens with one attached hydrogen (secondary N) is 2. The second kappa shape index (κ2) is 7.41. The fraction of sp³-hybridized carbons (Fsp3) is 0.429. The van der Waals surface area contributed by atoms with Gasteiger partial charge in [0.25, 0.3) is 0 Å². The first kappa shape index (κ1) is 15.0. The van der Waals surface area contributed by atoms with Crippen LogP contribution in [0.15, 0.2) is 30.3 Å². The lowest BCUT2D eigenvalue weighted by atomic mass is 10.1. The van der Waals surface area contributed by atoms with E-state index in [0.717, 1.165) is 6.42 Å². The molecule has 0 heterocycles. The Balaban J connectivity index is 2.55. The van der Waals surface area contributed by atoms with Gasteiger partial charge in [0.1, 0.15) is 0 Å². The SMILES string of the molecule is CC(C)CCNC(=O)NC(C(=O)O)c1ccccc1. The zero-order chi connectivity index (χ0) is 14.3. The van der Waals surface area contributed by atoms with Gasteiger partial charge in [0.05, 0.1) is 0 Å². The van der Waals surface area contributed by atoms with Gasteiger partial charge in [-0.3, -0.25) is 0 Å². The van der Waals surface area contributed by atoms with Gasteiger partial charge in [-0.2, -0.15) is 0 Å². The summed E-state index contributed by atoms with van der Waals surface area (Å²) in [5, 5.41) is 14.3. The van der Waals surface area contributed by atoms with Crippen molar-refractivity contribution in [1.82, 2.24) is 10.6 Å². The average Bonchev–Trinajstić information content (AvgIpc) is 2.36. The van der Waals surface area contributed by atoms with E-state index in [-0.39, 0.29) is 0 Å². The molecule has 0 aliphatic carbocycles. The largest absolute Gasteiger partial charge is 0.479 e. The third kappa shape index (κ3) is 5.42. The third-order valence-corrected chi connectivity index (χ3v) is 2.66. The molecule has 0 bridgehead atoms. The molecule has 5 nitrogen and oxygen atoms in total. The minimum atomic E-state index is -1.08. The maximum Gasteiger partial charge on any atom is 0.330 e. The zero-order valence-electron chi connectivity index (χ0n) is 11.2.